The van der Waals surface area contributed by atoms with Crippen LogP contribution in [0.5, 0.6) is 0 Å². The molecule has 0 spiro atoms. The first-order chi connectivity index (χ1) is 29.2. The van der Waals surface area contributed by atoms with Crippen LogP contribution in [0, 0.1) is 0 Å². The van der Waals surface area contributed by atoms with Gasteiger partial charge in [0.25, 0.3) is 5.56 Å². The molecule has 0 atom stereocenters. The van der Waals surface area contributed by atoms with Gasteiger partial charge in [-0.05, 0) is 82.7 Å². The molecule has 13 rings (SSSR count). The van der Waals surface area contributed by atoms with Crippen molar-refractivity contribution in [2.45, 2.75) is 0 Å². The standard InChI is InChI=1S/C55H33N3O/c59-55-44-21-8-7-18-39(44)42-22-13-23-43-45-30-35(27-29-50(45)58(55)54(42)43)36-26-28-38(34-14-3-1-4-15-34)51(31-36)57-49-25-12-10-20-41(49)47-32-46-40-19-9-11-24-48(40)56(52(46)33-53(47)57)37-16-5-2-6-17-37/h1-33H. The van der Waals surface area contributed by atoms with Gasteiger partial charge in [0.2, 0.25) is 0 Å². The van der Waals surface area contributed by atoms with E-state index >= 15 is 0 Å². The minimum absolute atomic E-state index is 0.0216. The maximum atomic E-state index is 14.1. The molecule has 13 aromatic rings. The van der Waals surface area contributed by atoms with Crippen molar-refractivity contribution in [1.29, 1.82) is 0 Å². The molecule has 274 valence electrons. The third-order valence-electron chi connectivity index (χ3n) is 12.6. The van der Waals surface area contributed by atoms with Crippen LogP contribution in [-0.2, 0) is 0 Å². The molecule has 0 aliphatic carbocycles. The van der Waals surface area contributed by atoms with Crippen molar-refractivity contribution in [3.63, 3.8) is 0 Å². The number of hydrogen-bond acceptors (Lipinski definition) is 1. The Morgan fingerprint density at radius 1 is 0.305 bits per heavy atom. The molecule has 0 unspecified atom stereocenters. The molecule has 9 aromatic carbocycles. The highest BCUT2D eigenvalue weighted by molar-refractivity contribution is 6.21. The van der Waals surface area contributed by atoms with Gasteiger partial charge in [0.1, 0.15) is 0 Å². The van der Waals surface area contributed by atoms with Gasteiger partial charge in [-0.15, -0.1) is 0 Å². The fourth-order valence-corrected chi connectivity index (χ4v) is 10.0. The summed E-state index contributed by atoms with van der Waals surface area (Å²) in [6.45, 7) is 0. The van der Waals surface area contributed by atoms with Crippen LogP contribution in [0.4, 0.5) is 0 Å². The van der Waals surface area contributed by atoms with E-state index in [4.69, 9.17) is 0 Å². The molecule has 0 aliphatic rings. The second-order valence-electron chi connectivity index (χ2n) is 15.6. The fraction of sp³-hybridized carbons (Fsp3) is 0. The van der Waals surface area contributed by atoms with Gasteiger partial charge in [-0.2, -0.15) is 0 Å². The smallest absolute Gasteiger partial charge is 0.263 e. The van der Waals surface area contributed by atoms with Crippen LogP contribution < -0.4 is 5.56 Å². The Morgan fingerprint density at radius 2 is 0.847 bits per heavy atom. The van der Waals surface area contributed by atoms with Gasteiger partial charge in [0, 0.05) is 54.3 Å². The summed E-state index contributed by atoms with van der Waals surface area (Å²) in [6, 6.07) is 71.6. The van der Waals surface area contributed by atoms with Gasteiger partial charge in [-0.1, -0.05) is 140 Å². The third kappa shape index (κ3) is 4.46. The Hall–Kier alpha value is -7.95. The van der Waals surface area contributed by atoms with Crippen LogP contribution in [0.2, 0.25) is 0 Å². The summed E-state index contributed by atoms with van der Waals surface area (Å²) in [6.07, 6.45) is 0. The van der Waals surface area contributed by atoms with Crippen LogP contribution >= 0.6 is 0 Å². The number of fused-ring (bicyclic) bond motifs is 11. The number of pyridine rings is 1. The number of nitrogens with zero attached hydrogens (tertiary/aromatic N) is 3. The predicted octanol–water partition coefficient (Wildman–Crippen LogP) is 13.7. The van der Waals surface area contributed by atoms with Gasteiger partial charge in [0.05, 0.1) is 38.8 Å². The van der Waals surface area contributed by atoms with Gasteiger partial charge in [-0.25, -0.2) is 0 Å². The van der Waals surface area contributed by atoms with Crippen molar-refractivity contribution in [2.24, 2.45) is 0 Å². The predicted molar refractivity (Wildman–Crippen MR) is 247 cm³/mol. The van der Waals surface area contributed by atoms with E-state index in [1.165, 1.54) is 32.6 Å². The Morgan fingerprint density at radius 3 is 1.59 bits per heavy atom. The first-order valence-electron chi connectivity index (χ1n) is 20.1. The van der Waals surface area contributed by atoms with Crippen molar-refractivity contribution in [1.82, 2.24) is 13.5 Å². The summed E-state index contributed by atoms with van der Waals surface area (Å²) in [7, 11) is 0. The Labute approximate surface area is 338 Å². The number of aromatic nitrogens is 3. The average Bonchev–Trinajstić information content (AvgIpc) is 3.93. The minimum atomic E-state index is 0.0216. The molecule has 0 fully saturated rings. The molecule has 0 N–H and O–H groups in total. The average molecular weight is 752 g/mol. The maximum Gasteiger partial charge on any atom is 0.263 e. The summed E-state index contributed by atoms with van der Waals surface area (Å²) in [5, 5.41) is 9.89. The van der Waals surface area contributed by atoms with Crippen molar-refractivity contribution in [3.8, 4) is 33.6 Å². The molecule has 4 nitrogen and oxygen atoms in total. The van der Waals surface area contributed by atoms with E-state index < -0.39 is 0 Å². The van der Waals surface area contributed by atoms with E-state index in [2.05, 4.69) is 191 Å². The maximum absolute atomic E-state index is 14.1. The van der Waals surface area contributed by atoms with Gasteiger partial charge in [-0.3, -0.25) is 9.20 Å². The molecule has 59 heavy (non-hydrogen) atoms. The van der Waals surface area contributed by atoms with Gasteiger partial charge in [0.15, 0.2) is 0 Å². The first kappa shape index (κ1) is 32.2. The van der Waals surface area contributed by atoms with E-state index in [0.29, 0.717) is 0 Å². The number of hydrogen-bond donors (Lipinski definition) is 0. The van der Waals surface area contributed by atoms with Crippen LogP contribution in [0.3, 0.4) is 0 Å². The van der Waals surface area contributed by atoms with Crippen molar-refractivity contribution in [3.05, 3.63) is 211 Å². The molecule has 0 aliphatic heterocycles. The highest BCUT2D eigenvalue weighted by Gasteiger charge is 2.22. The van der Waals surface area contributed by atoms with E-state index in [0.717, 1.165) is 82.6 Å². The lowest BCUT2D eigenvalue weighted by Gasteiger charge is -2.17. The highest BCUT2D eigenvalue weighted by atomic mass is 16.1. The fourth-order valence-electron chi connectivity index (χ4n) is 10.0. The molecule has 0 saturated heterocycles. The van der Waals surface area contributed by atoms with Crippen LogP contribution in [0.25, 0.3) is 115 Å². The lowest BCUT2D eigenvalue weighted by atomic mass is 9.96. The Kier molecular flexibility index (Phi) is 6.56. The summed E-state index contributed by atoms with van der Waals surface area (Å²) in [4.78, 5) is 14.1. The SMILES string of the molecule is O=c1c2ccccc2c2cccc3c4cc(-c5ccc(-c6ccccc6)c(-n6c7ccccc7c7cc8c9ccccc9n(-c9ccccc9)c8cc76)c5)ccc4n1c23. The zero-order chi connectivity index (χ0) is 38.8. The van der Waals surface area contributed by atoms with E-state index in [9.17, 15) is 4.79 Å². The van der Waals surface area contributed by atoms with E-state index in [1.807, 2.05) is 22.6 Å². The summed E-state index contributed by atoms with van der Waals surface area (Å²) < 4.78 is 6.79. The van der Waals surface area contributed by atoms with Crippen molar-refractivity contribution < 1.29 is 0 Å². The minimum Gasteiger partial charge on any atom is -0.309 e. The van der Waals surface area contributed by atoms with Gasteiger partial charge < -0.3 is 9.13 Å². The van der Waals surface area contributed by atoms with Crippen LogP contribution in [0.15, 0.2) is 205 Å². The molecule has 0 radical (unpaired) electrons. The largest absolute Gasteiger partial charge is 0.309 e. The lowest BCUT2D eigenvalue weighted by Crippen LogP contribution is -2.12. The third-order valence-corrected chi connectivity index (χ3v) is 12.6. The molecule has 4 aromatic heterocycles. The van der Waals surface area contributed by atoms with E-state index in [-0.39, 0.29) is 5.56 Å². The highest BCUT2D eigenvalue weighted by Crippen LogP contribution is 2.43. The van der Waals surface area contributed by atoms with Crippen molar-refractivity contribution in [2.75, 3.05) is 0 Å². The van der Waals surface area contributed by atoms with Crippen LogP contribution in [-0.4, -0.2) is 13.5 Å². The normalized spacial score (nSPS) is 12.1. The Balaban J connectivity index is 1.11. The molecule has 4 heteroatoms. The molecular formula is C55H33N3O. The topological polar surface area (TPSA) is 31.3 Å². The van der Waals surface area contributed by atoms with E-state index in [1.54, 1.807) is 0 Å². The second-order valence-corrected chi connectivity index (χ2v) is 15.6. The van der Waals surface area contributed by atoms with Crippen molar-refractivity contribution >= 4 is 81.6 Å². The number of rotatable bonds is 4. The molecule has 0 saturated carbocycles. The number of para-hydroxylation sites is 4. The first-order valence-corrected chi connectivity index (χ1v) is 20.1. The van der Waals surface area contributed by atoms with Crippen LogP contribution in [0.1, 0.15) is 0 Å². The monoisotopic (exact) mass is 751 g/mol. The van der Waals surface area contributed by atoms with Gasteiger partial charge >= 0.3 is 0 Å². The summed E-state index contributed by atoms with van der Waals surface area (Å²) in [5.74, 6) is 0. The zero-order valence-corrected chi connectivity index (χ0v) is 31.8. The number of benzene rings is 9. The zero-order valence-electron chi connectivity index (χ0n) is 31.8. The second kappa shape index (κ2) is 12.0. The summed E-state index contributed by atoms with van der Waals surface area (Å²) >= 11 is 0. The molecule has 0 bridgehead atoms. The molecular weight excluding hydrogens is 719 g/mol. The Bertz CT molecular complexity index is 3910. The summed E-state index contributed by atoms with van der Waals surface area (Å²) in [5.41, 5.74) is 13.3. The molecule has 0 amide bonds. The quantitative estimate of drug-likeness (QED) is 0.165. The lowest BCUT2D eigenvalue weighted by molar-refractivity contribution is 1.17. The molecule has 4 heterocycles.